The van der Waals surface area contributed by atoms with Gasteiger partial charge in [0.2, 0.25) is 5.95 Å². The van der Waals surface area contributed by atoms with Crippen molar-refractivity contribution in [2.45, 2.75) is 12.6 Å². The summed E-state index contributed by atoms with van der Waals surface area (Å²) in [5.74, 6) is -0.00757. The molecule has 8 nitrogen and oxygen atoms in total. The molecule has 0 unspecified atom stereocenters. The number of nitrogens with zero attached hydrogens (tertiary/aromatic N) is 5. The zero-order chi connectivity index (χ0) is 20.3. The fraction of sp³-hybridized carbons (Fsp3) is 0.375. The summed E-state index contributed by atoms with van der Waals surface area (Å²) in [4.78, 5) is 27.2. The van der Waals surface area contributed by atoms with Crippen molar-refractivity contribution in [2.75, 3.05) is 36.0 Å². The fourth-order valence-corrected chi connectivity index (χ4v) is 3.10. The van der Waals surface area contributed by atoms with Gasteiger partial charge in [-0.3, -0.25) is 10.0 Å². The molecule has 2 N–H and O–H groups in total. The fourth-order valence-electron chi connectivity index (χ4n) is 2.81. The van der Waals surface area contributed by atoms with Crippen LogP contribution in [0.25, 0.3) is 0 Å². The lowest BCUT2D eigenvalue weighted by Crippen LogP contribution is -2.32. The molecule has 2 aromatic heterocycles. The summed E-state index contributed by atoms with van der Waals surface area (Å²) in [6.45, 7) is 2.12. The summed E-state index contributed by atoms with van der Waals surface area (Å²) < 4.78 is 38.3. The second-order valence-electron chi connectivity index (χ2n) is 6.07. The number of alkyl halides is 3. The molecule has 0 bridgehead atoms. The van der Waals surface area contributed by atoms with Crippen LogP contribution in [0.5, 0.6) is 0 Å². The topological polar surface area (TPSA) is 94.5 Å². The summed E-state index contributed by atoms with van der Waals surface area (Å²) in [5.41, 5.74) is 0.727. The number of carbonyl (C=O) groups is 1. The van der Waals surface area contributed by atoms with Crippen LogP contribution < -0.4 is 15.3 Å². The highest BCUT2D eigenvalue weighted by Gasteiger charge is 2.32. The first kappa shape index (κ1) is 20.1. The number of amides is 1. The van der Waals surface area contributed by atoms with Gasteiger partial charge < -0.3 is 9.80 Å². The number of aromatic nitrogens is 3. The molecule has 1 aliphatic heterocycles. The van der Waals surface area contributed by atoms with Gasteiger partial charge in [0.25, 0.3) is 5.91 Å². The predicted molar refractivity (Wildman–Crippen MR) is 94.6 cm³/mol. The number of hydrogen-bond acceptors (Lipinski definition) is 7. The van der Waals surface area contributed by atoms with Crippen LogP contribution in [0, 0.1) is 0 Å². The lowest BCUT2D eigenvalue weighted by Gasteiger charge is -2.24. The molecule has 0 saturated carbocycles. The standard InChI is InChI=1S/C16H16ClF3N6O2/c17-12-6-11(16(18,19)20)9-21-13(12)25-2-1-3-26(5-4-25)15-22-7-10(8-23-15)14(27)24-28/h6-9,28H,1-5H2,(H,24,27). The number of anilines is 2. The second kappa shape index (κ2) is 8.15. The Morgan fingerprint density at radius 2 is 1.71 bits per heavy atom. The molecular formula is C16H16ClF3N6O2. The normalized spacial score (nSPS) is 15.3. The summed E-state index contributed by atoms with van der Waals surface area (Å²) in [6, 6.07) is 0.876. The molecule has 150 valence electrons. The van der Waals surface area contributed by atoms with Crippen molar-refractivity contribution >= 4 is 29.3 Å². The minimum Gasteiger partial charge on any atom is -0.354 e. The second-order valence-corrected chi connectivity index (χ2v) is 6.47. The zero-order valence-corrected chi connectivity index (χ0v) is 15.2. The maximum Gasteiger partial charge on any atom is 0.417 e. The average Bonchev–Trinajstić information content (AvgIpc) is 2.93. The average molecular weight is 417 g/mol. The Kier molecular flexibility index (Phi) is 5.84. The lowest BCUT2D eigenvalue weighted by molar-refractivity contribution is -0.137. The summed E-state index contributed by atoms with van der Waals surface area (Å²) in [5, 5.41) is 8.56. The van der Waals surface area contributed by atoms with Crippen LogP contribution in [0.2, 0.25) is 5.02 Å². The molecule has 0 atom stereocenters. The van der Waals surface area contributed by atoms with Gasteiger partial charge in [0, 0.05) is 44.8 Å². The van der Waals surface area contributed by atoms with E-state index in [9.17, 15) is 18.0 Å². The minimum atomic E-state index is -4.50. The molecule has 1 amide bonds. The first-order valence-corrected chi connectivity index (χ1v) is 8.66. The number of hydrogen-bond donors (Lipinski definition) is 2. The van der Waals surface area contributed by atoms with Gasteiger partial charge in [-0.15, -0.1) is 0 Å². The number of carbonyl (C=O) groups excluding carboxylic acids is 1. The monoisotopic (exact) mass is 416 g/mol. The van der Waals surface area contributed by atoms with Gasteiger partial charge in [0.05, 0.1) is 16.1 Å². The van der Waals surface area contributed by atoms with Crippen LogP contribution in [-0.4, -0.2) is 52.2 Å². The van der Waals surface area contributed by atoms with E-state index in [1.165, 1.54) is 17.9 Å². The van der Waals surface area contributed by atoms with Gasteiger partial charge in [-0.2, -0.15) is 13.2 Å². The van der Waals surface area contributed by atoms with E-state index in [2.05, 4.69) is 15.0 Å². The van der Waals surface area contributed by atoms with E-state index in [1.54, 1.807) is 0 Å². The van der Waals surface area contributed by atoms with Crippen molar-refractivity contribution in [1.29, 1.82) is 0 Å². The van der Waals surface area contributed by atoms with E-state index in [-0.39, 0.29) is 10.6 Å². The molecule has 0 aromatic carbocycles. The summed E-state index contributed by atoms with van der Waals surface area (Å²) in [7, 11) is 0. The molecule has 1 saturated heterocycles. The third kappa shape index (κ3) is 4.42. The molecule has 1 fully saturated rings. The van der Waals surface area contributed by atoms with Crippen LogP contribution in [0.15, 0.2) is 24.7 Å². The summed E-state index contributed by atoms with van der Waals surface area (Å²) >= 11 is 6.04. The molecule has 12 heteroatoms. The van der Waals surface area contributed by atoms with Crippen molar-refractivity contribution in [3.63, 3.8) is 0 Å². The smallest absolute Gasteiger partial charge is 0.354 e. The molecule has 28 heavy (non-hydrogen) atoms. The minimum absolute atomic E-state index is 0.0566. The number of hydroxylamine groups is 1. The zero-order valence-electron chi connectivity index (χ0n) is 14.4. The quantitative estimate of drug-likeness (QED) is 0.586. The number of rotatable bonds is 3. The Morgan fingerprint density at radius 1 is 1.07 bits per heavy atom. The van der Waals surface area contributed by atoms with E-state index in [0.29, 0.717) is 44.4 Å². The molecule has 0 spiro atoms. The third-order valence-corrected chi connectivity index (χ3v) is 4.51. The number of halogens is 4. The van der Waals surface area contributed by atoms with Crippen molar-refractivity contribution in [2.24, 2.45) is 0 Å². The molecule has 1 aliphatic rings. The van der Waals surface area contributed by atoms with Gasteiger partial charge in [0.15, 0.2) is 0 Å². The van der Waals surface area contributed by atoms with E-state index in [1.807, 2.05) is 9.80 Å². The van der Waals surface area contributed by atoms with E-state index in [0.717, 1.165) is 12.3 Å². The van der Waals surface area contributed by atoms with Gasteiger partial charge in [-0.1, -0.05) is 11.6 Å². The maximum absolute atomic E-state index is 12.8. The molecule has 3 heterocycles. The van der Waals surface area contributed by atoms with Gasteiger partial charge >= 0.3 is 6.18 Å². The van der Waals surface area contributed by atoms with Crippen molar-refractivity contribution < 1.29 is 23.2 Å². The SMILES string of the molecule is O=C(NO)c1cnc(N2CCCN(c3ncc(C(F)(F)F)cc3Cl)CC2)nc1. The summed E-state index contributed by atoms with van der Waals surface area (Å²) in [6.07, 6.45) is -0.448. The highest BCUT2D eigenvalue weighted by molar-refractivity contribution is 6.33. The Labute approximate surface area is 162 Å². The first-order valence-electron chi connectivity index (χ1n) is 8.28. The number of nitrogens with one attached hydrogen (secondary N) is 1. The van der Waals surface area contributed by atoms with Crippen LogP contribution in [0.3, 0.4) is 0 Å². The Bertz CT molecular complexity index is 849. The van der Waals surface area contributed by atoms with Crippen molar-refractivity contribution in [1.82, 2.24) is 20.4 Å². The van der Waals surface area contributed by atoms with E-state index < -0.39 is 17.6 Å². The molecule has 3 rings (SSSR count). The molecular weight excluding hydrogens is 401 g/mol. The van der Waals surface area contributed by atoms with Gasteiger partial charge in [-0.25, -0.2) is 20.4 Å². The van der Waals surface area contributed by atoms with Crippen molar-refractivity contribution in [3.05, 3.63) is 40.8 Å². The lowest BCUT2D eigenvalue weighted by atomic mass is 10.2. The predicted octanol–water partition coefficient (Wildman–Crippen LogP) is 2.38. The van der Waals surface area contributed by atoms with Gasteiger partial charge in [-0.05, 0) is 12.5 Å². The molecule has 0 radical (unpaired) electrons. The third-order valence-electron chi connectivity index (χ3n) is 4.23. The highest BCUT2D eigenvalue weighted by atomic mass is 35.5. The van der Waals surface area contributed by atoms with E-state index >= 15 is 0 Å². The highest BCUT2D eigenvalue weighted by Crippen LogP contribution is 2.33. The van der Waals surface area contributed by atoms with Crippen LogP contribution in [0.1, 0.15) is 22.3 Å². The van der Waals surface area contributed by atoms with Crippen LogP contribution in [-0.2, 0) is 6.18 Å². The van der Waals surface area contributed by atoms with E-state index in [4.69, 9.17) is 16.8 Å². The Balaban J connectivity index is 1.71. The molecule has 0 aliphatic carbocycles. The number of pyridine rings is 1. The Morgan fingerprint density at radius 3 is 2.32 bits per heavy atom. The van der Waals surface area contributed by atoms with Crippen LogP contribution >= 0.6 is 11.6 Å². The van der Waals surface area contributed by atoms with Gasteiger partial charge in [0.1, 0.15) is 5.82 Å². The molecule has 2 aromatic rings. The maximum atomic E-state index is 12.8. The first-order chi connectivity index (χ1) is 13.3. The largest absolute Gasteiger partial charge is 0.417 e. The van der Waals surface area contributed by atoms with Crippen molar-refractivity contribution in [3.8, 4) is 0 Å². The van der Waals surface area contributed by atoms with Crippen LogP contribution in [0.4, 0.5) is 24.9 Å². The Hall–Kier alpha value is -2.66.